The smallest absolute Gasteiger partial charge is 0.462 e. The van der Waals surface area contributed by atoms with E-state index in [9.17, 15) is 43.2 Å². The minimum atomic E-state index is -4.95. The van der Waals surface area contributed by atoms with Crippen LogP contribution in [0.1, 0.15) is 368 Å². The number of ether oxygens (including phenoxy) is 4. The molecular weight excluding hydrogens is 1170 g/mol. The van der Waals surface area contributed by atoms with Gasteiger partial charge < -0.3 is 33.8 Å². The van der Waals surface area contributed by atoms with Gasteiger partial charge in [-0.15, -0.1) is 0 Å². The highest BCUT2D eigenvalue weighted by molar-refractivity contribution is 7.47. The molecular formula is C70H136O17P2. The van der Waals surface area contributed by atoms with Gasteiger partial charge in [0.1, 0.15) is 19.3 Å². The second-order valence-corrected chi connectivity index (χ2v) is 28.2. The maximum absolute atomic E-state index is 13.0. The molecule has 0 heterocycles. The van der Waals surface area contributed by atoms with Crippen LogP contribution in [0.5, 0.6) is 0 Å². The highest BCUT2D eigenvalue weighted by Gasteiger charge is 2.30. The molecule has 0 fully saturated rings. The first-order valence-corrected chi connectivity index (χ1v) is 39.8. The summed E-state index contributed by atoms with van der Waals surface area (Å²) in [5.74, 6) is -2.12. The van der Waals surface area contributed by atoms with E-state index in [-0.39, 0.29) is 25.7 Å². The van der Waals surface area contributed by atoms with Crippen molar-refractivity contribution in [2.75, 3.05) is 39.6 Å². The molecule has 0 aliphatic carbocycles. The molecule has 0 saturated heterocycles. The number of hydrogen-bond acceptors (Lipinski definition) is 15. The van der Waals surface area contributed by atoms with Gasteiger partial charge in [-0.3, -0.25) is 37.3 Å². The van der Waals surface area contributed by atoms with Crippen LogP contribution in [-0.4, -0.2) is 96.7 Å². The van der Waals surface area contributed by atoms with Gasteiger partial charge in [0.05, 0.1) is 26.4 Å². The third-order valence-corrected chi connectivity index (χ3v) is 18.3. The van der Waals surface area contributed by atoms with Crippen molar-refractivity contribution < 1.29 is 80.2 Å². The molecule has 0 radical (unpaired) electrons. The SMILES string of the molecule is CCCCCCCCCCCCCCCCCCCC(=O)O[C@H](COC(=O)CCCCCCCCCCCCCCCC)COP(=O)(O)OC[C@@H](O)COP(=O)(O)OC[C@@H](COC(=O)CCCCCCCCCC)OC(=O)CCCCCCCCCCCC. The predicted octanol–water partition coefficient (Wildman–Crippen LogP) is 20.3. The van der Waals surface area contributed by atoms with E-state index >= 15 is 0 Å². The van der Waals surface area contributed by atoms with Crippen molar-refractivity contribution in [2.45, 2.75) is 386 Å². The van der Waals surface area contributed by atoms with Crippen molar-refractivity contribution in [1.29, 1.82) is 0 Å². The Bertz CT molecular complexity index is 1710. The number of hydrogen-bond donors (Lipinski definition) is 3. The van der Waals surface area contributed by atoms with Gasteiger partial charge in [0.2, 0.25) is 0 Å². The van der Waals surface area contributed by atoms with Crippen LogP contribution >= 0.6 is 15.6 Å². The lowest BCUT2D eigenvalue weighted by molar-refractivity contribution is -0.161. The molecule has 3 N–H and O–H groups in total. The maximum Gasteiger partial charge on any atom is 0.472 e. The van der Waals surface area contributed by atoms with Crippen molar-refractivity contribution in [1.82, 2.24) is 0 Å². The lowest BCUT2D eigenvalue weighted by atomic mass is 10.0. The highest BCUT2D eigenvalue weighted by Crippen LogP contribution is 2.45. The standard InChI is InChI=1S/C70H136O17P2/c1-5-9-13-17-21-25-28-30-32-33-34-36-38-41-45-49-53-57-70(75)87-66(61-81-68(73)55-51-47-43-40-37-35-31-29-26-22-18-14-10-6-2)63-85-89(78,79)83-59-64(71)58-82-88(76,77)84-62-65(60-80-67(72)54-50-46-42-24-20-16-12-8-4)86-69(74)56-52-48-44-39-27-23-19-15-11-7-3/h64-66,71H,5-63H2,1-4H3,(H,76,77)(H,78,79)/t64-,65+,66+/m0/s1. The summed E-state index contributed by atoms with van der Waals surface area (Å²) < 4.78 is 68.2. The topological polar surface area (TPSA) is 237 Å². The summed E-state index contributed by atoms with van der Waals surface area (Å²) in [6, 6.07) is 0. The maximum atomic E-state index is 13.0. The predicted molar refractivity (Wildman–Crippen MR) is 359 cm³/mol. The van der Waals surface area contributed by atoms with Gasteiger partial charge >= 0.3 is 39.5 Å². The summed E-state index contributed by atoms with van der Waals surface area (Å²) in [5.41, 5.74) is 0. The number of unbranched alkanes of at least 4 members (excludes halogenated alkanes) is 45. The molecule has 0 spiro atoms. The zero-order valence-electron chi connectivity index (χ0n) is 57.4. The monoisotopic (exact) mass is 1310 g/mol. The minimum Gasteiger partial charge on any atom is -0.462 e. The van der Waals surface area contributed by atoms with Crippen LogP contribution in [0.3, 0.4) is 0 Å². The van der Waals surface area contributed by atoms with Crippen LogP contribution in [0.4, 0.5) is 0 Å². The molecule has 2 unspecified atom stereocenters. The van der Waals surface area contributed by atoms with E-state index in [2.05, 4.69) is 27.7 Å². The Morgan fingerprint density at radius 1 is 0.270 bits per heavy atom. The third kappa shape index (κ3) is 64.6. The average Bonchev–Trinajstić information content (AvgIpc) is 3.67. The molecule has 0 rings (SSSR count). The fourth-order valence-electron chi connectivity index (χ4n) is 10.7. The summed E-state index contributed by atoms with van der Waals surface area (Å²) in [6.45, 7) is 4.92. The fourth-order valence-corrected chi connectivity index (χ4v) is 12.3. The molecule has 0 aromatic carbocycles. The van der Waals surface area contributed by atoms with Crippen LogP contribution in [0.15, 0.2) is 0 Å². The molecule has 528 valence electrons. The zero-order chi connectivity index (χ0) is 65.4. The quantitative estimate of drug-likeness (QED) is 0.0222. The van der Waals surface area contributed by atoms with Crippen LogP contribution in [0.2, 0.25) is 0 Å². The van der Waals surface area contributed by atoms with Gasteiger partial charge in [-0.1, -0.05) is 317 Å². The second kappa shape index (κ2) is 64.8. The van der Waals surface area contributed by atoms with E-state index in [4.69, 9.17) is 37.0 Å². The molecule has 17 nitrogen and oxygen atoms in total. The number of phosphoric ester groups is 2. The number of esters is 4. The molecule has 0 aromatic rings. The Morgan fingerprint density at radius 3 is 0.663 bits per heavy atom. The van der Waals surface area contributed by atoms with Crippen LogP contribution < -0.4 is 0 Å². The molecule has 0 aliphatic rings. The van der Waals surface area contributed by atoms with Gasteiger partial charge in [-0.2, -0.15) is 0 Å². The summed E-state index contributed by atoms with van der Waals surface area (Å²) in [6.07, 6.45) is 52.7. The van der Waals surface area contributed by atoms with Crippen LogP contribution in [-0.2, 0) is 65.4 Å². The van der Waals surface area contributed by atoms with E-state index in [1.54, 1.807) is 0 Å². The van der Waals surface area contributed by atoms with Crippen molar-refractivity contribution in [3.05, 3.63) is 0 Å². The summed E-state index contributed by atoms with van der Waals surface area (Å²) >= 11 is 0. The Hall–Kier alpha value is -1.94. The van der Waals surface area contributed by atoms with Crippen molar-refractivity contribution in [2.24, 2.45) is 0 Å². The second-order valence-electron chi connectivity index (χ2n) is 25.3. The third-order valence-electron chi connectivity index (χ3n) is 16.4. The highest BCUT2D eigenvalue weighted by atomic mass is 31.2. The lowest BCUT2D eigenvalue weighted by Crippen LogP contribution is -2.30. The van der Waals surface area contributed by atoms with E-state index in [0.717, 1.165) is 96.3 Å². The Labute approximate surface area is 543 Å². The fraction of sp³-hybridized carbons (Fsp3) is 0.943. The summed E-state index contributed by atoms with van der Waals surface area (Å²) in [7, 11) is -9.89. The Morgan fingerprint density at radius 2 is 0.449 bits per heavy atom. The van der Waals surface area contributed by atoms with Gasteiger partial charge in [0, 0.05) is 25.7 Å². The molecule has 0 amide bonds. The van der Waals surface area contributed by atoms with Crippen molar-refractivity contribution in [3.63, 3.8) is 0 Å². The molecule has 0 saturated carbocycles. The van der Waals surface area contributed by atoms with Crippen LogP contribution in [0, 0.1) is 0 Å². The van der Waals surface area contributed by atoms with Crippen molar-refractivity contribution >= 4 is 39.5 Å². The zero-order valence-corrected chi connectivity index (χ0v) is 59.2. The van der Waals surface area contributed by atoms with Gasteiger partial charge in [0.15, 0.2) is 12.2 Å². The molecule has 19 heteroatoms. The number of rotatable bonds is 71. The van der Waals surface area contributed by atoms with Gasteiger partial charge in [0.25, 0.3) is 0 Å². The normalized spacial score (nSPS) is 14.0. The molecule has 5 atom stereocenters. The lowest BCUT2D eigenvalue weighted by Gasteiger charge is -2.21. The molecule has 89 heavy (non-hydrogen) atoms. The minimum absolute atomic E-state index is 0.107. The first-order valence-electron chi connectivity index (χ1n) is 36.8. The largest absolute Gasteiger partial charge is 0.472 e. The van der Waals surface area contributed by atoms with E-state index in [1.165, 1.54) is 193 Å². The number of phosphoric acid groups is 2. The van der Waals surface area contributed by atoms with E-state index < -0.39 is 97.5 Å². The summed E-state index contributed by atoms with van der Waals surface area (Å²) in [5, 5.41) is 10.6. The van der Waals surface area contributed by atoms with E-state index in [1.807, 2.05) is 0 Å². The van der Waals surface area contributed by atoms with E-state index in [0.29, 0.717) is 25.7 Å². The summed E-state index contributed by atoms with van der Waals surface area (Å²) in [4.78, 5) is 72.4. The number of carbonyl (C=O) groups excluding carboxylic acids is 4. The molecule has 0 aromatic heterocycles. The van der Waals surface area contributed by atoms with Gasteiger partial charge in [-0.05, 0) is 25.7 Å². The Balaban J connectivity index is 5.20. The Kier molecular flexibility index (Phi) is 63.3. The van der Waals surface area contributed by atoms with Crippen molar-refractivity contribution in [3.8, 4) is 0 Å². The number of carbonyl (C=O) groups is 4. The average molecular weight is 1310 g/mol. The van der Waals surface area contributed by atoms with Crippen LogP contribution in [0.25, 0.3) is 0 Å². The number of aliphatic hydroxyl groups is 1. The molecule has 0 aliphatic heterocycles. The van der Waals surface area contributed by atoms with Gasteiger partial charge in [-0.25, -0.2) is 9.13 Å². The molecule has 0 bridgehead atoms. The first kappa shape index (κ1) is 87.1. The number of aliphatic hydroxyl groups excluding tert-OH is 1. The first-order chi connectivity index (χ1) is 43.2.